The first-order valence-electron chi connectivity index (χ1n) is 9.10. The highest BCUT2D eigenvalue weighted by Gasteiger charge is 2.39. The zero-order valence-electron chi connectivity index (χ0n) is 14.4. The monoisotopic (exact) mass is 364 g/mol. The van der Waals surface area contributed by atoms with Crippen molar-refractivity contribution in [1.29, 1.82) is 0 Å². The second kappa shape index (κ2) is 6.45. The molecule has 0 unspecified atom stereocenters. The van der Waals surface area contributed by atoms with E-state index in [-0.39, 0.29) is 5.91 Å². The van der Waals surface area contributed by atoms with E-state index in [0.717, 1.165) is 21.2 Å². The Morgan fingerprint density at radius 2 is 1.92 bits per heavy atom. The Hall–Kier alpha value is -2.31. The molecule has 5 rings (SSSR count). The number of thiazole rings is 1. The molecule has 26 heavy (non-hydrogen) atoms. The van der Waals surface area contributed by atoms with Gasteiger partial charge in [-0.25, -0.2) is 4.98 Å². The number of benzene rings is 1. The summed E-state index contributed by atoms with van der Waals surface area (Å²) in [5.74, 6) is 0.657. The molecule has 1 amide bonds. The summed E-state index contributed by atoms with van der Waals surface area (Å²) < 4.78 is 0. The van der Waals surface area contributed by atoms with Gasteiger partial charge in [-0.1, -0.05) is 12.1 Å². The molecule has 132 valence electrons. The minimum absolute atomic E-state index is 0.0364. The Labute approximate surface area is 156 Å². The molecule has 2 fully saturated rings. The average molecular weight is 364 g/mol. The number of nitrogens with zero attached hydrogens (tertiary/aromatic N) is 3. The van der Waals surface area contributed by atoms with Crippen molar-refractivity contribution in [3.63, 3.8) is 0 Å². The predicted molar refractivity (Wildman–Crippen MR) is 104 cm³/mol. The smallest absolute Gasteiger partial charge is 0.239 e. The molecule has 5 nitrogen and oxygen atoms in total. The Morgan fingerprint density at radius 3 is 2.65 bits per heavy atom. The van der Waals surface area contributed by atoms with Crippen LogP contribution in [0.4, 0.5) is 5.82 Å². The third-order valence-electron chi connectivity index (χ3n) is 5.64. The molecule has 2 bridgehead atoms. The van der Waals surface area contributed by atoms with Gasteiger partial charge in [0, 0.05) is 29.9 Å². The van der Waals surface area contributed by atoms with Crippen molar-refractivity contribution in [3.05, 3.63) is 42.2 Å². The molecule has 2 aromatic heterocycles. The second-order valence-corrected chi connectivity index (χ2v) is 8.07. The summed E-state index contributed by atoms with van der Waals surface area (Å²) in [5, 5.41) is 5.12. The maximum Gasteiger partial charge on any atom is 0.239 e. The minimum atomic E-state index is 0.0364. The Bertz CT molecular complexity index is 936. The van der Waals surface area contributed by atoms with Crippen LogP contribution < -0.4 is 5.32 Å². The van der Waals surface area contributed by atoms with Gasteiger partial charge in [0.15, 0.2) is 0 Å². The lowest BCUT2D eigenvalue weighted by molar-refractivity contribution is -0.117. The molecule has 4 heterocycles. The first-order valence-corrected chi connectivity index (χ1v) is 9.98. The van der Waals surface area contributed by atoms with Crippen LogP contribution in [0, 0.1) is 0 Å². The van der Waals surface area contributed by atoms with Gasteiger partial charge in [0.25, 0.3) is 0 Å². The fourth-order valence-corrected chi connectivity index (χ4v) is 4.97. The molecular weight excluding hydrogens is 344 g/mol. The van der Waals surface area contributed by atoms with E-state index >= 15 is 0 Å². The number of hydrogen-bond donors (Lipinski definition) is 1. The Morgan fingerprint density at radius 1 is 1.12 bits per heavy atom. The minimum Gasteiger partial charge on any atom is -0.310 e. The van der Waals surface area contributed by atoms with Crippen LogP contribution in [-0.4, -0.2) is 39.4 Å². The van der Waals surface area contributed by atoms with Crippen LogP contribution in [0.2, 0.25) is 0 Å². The van der Waals surface area contributed by atoms with Gasteiger partial charge in [-0.05, 0) is 48.8 Å². The summed E-state index contributed by atoms with van der Waals surface area (Å²) in [6, 6.07) is 9.44. The summed E-state index contributed by atoms with van der Waals surface area (Å²) in [6.45, 7) is 0.482. The normalized spacial score (nSPS) is 22.2. The van der Waals surface area contributed by atoms with Crippen molar-refractivity contribution >= 4 is 33.8 Å². The first kappa shape index (κ1) is 15.9. The van der Waals surface area contributed by atoms with E-state index in [0.29, 0.717) is 24.4 Å². The van der Waals surface area contributed by atoms with Gasteiger partial charge in [-0.3, -0.25) is 14.7 Å². The van der Waals surface area contributed by atoms with Crippen LogP contribution in [0.15, 0.2) is 42.2 Å². The number of hydrogen-bond acceptors (Lipinski definition) is 5. The zero-order valence-corrected chi connectivity index (χ0v) is 15.2. The van der Waals surface area contributed by atoms with E-state index in [1.165, 1.54) is 25.7 Å². The molecular formula is C20H20N4OS. The van der Waals surface area contributed by atoms with Gasteiger partial charge in [0.1, 0.15) is 5.82 Å². The SMILES string of the molecule is O=C(CN1C2CCC1CC2)Nc1cc2cc(-c3cncs3)ccc2cn1. The number of carbonyl (C=O) groups excluding carboxylic acids is 1. The molecule has 0 aliphatic carbocycles. The van der Waals surface area contributed by atoms with Crippen molar-refractivity contribution in [1.82, 2.24) is 14.9 Å². The topological polar surface area (TPSA) is 58.1 Å². The number of fused-ring (bicyclic) bond motifs is 3. The Balaban J connectivity index is 1.34. The zero-order chi connectivity index (χ0) is 17.5. The van der Waals surface area contributed by atoms with Crippen LogP contribution in [0.1, 0.15) is 25.7 Å². The quantitative estimate of drug-likeness (QED) is 0.762. The second-order valence-electron chi connectivity index (χ2n) is 7.18. The summed E-state index contributed by atoms with van der Waals surface area (Å²) in [5.41, 5.74) is 2.97. The average Bonchev–Trinajstić information content (AvgIpc) is 3.39. The van der Waals surface area contributed by atoms with Crippen molar-refractivity contribution in [2.75, 3.05) is 11.9 Å². The molecule has 0 saturated carbocycles. The molecule has 1 N–H and O–H groups in total. The highest BCUT2D eigenvalue weighted by molar-refractivity contribution is 7.13. The fraction of sp³-hybridized carbons (Fsp3) is 0.350. The van der Waals surface area contributed by atoms with E-state index in [1.54, 1.807) is 11.3 Å². The van der Waals surface area contributed by atoms with E-state index in [9.17, 15) is 4.79 Å². The van der Waals surface area contributed by atoms with Crippen molar-refractivity contribution in [2.45, 2.75) is 37.8 Å². The number of rotatable bonds is 4. The number of anilines is 1. The van der Waals surface area contributed by atoms with Crippen LogP contribution in [0.3, 0.4) is 0 Å². The van der Waals surface area contributed by atoms with Crippen LogP contribution in [-0.2, 0) is 4.79 Å². The van der Waals surface area contributed by atoms with Gasteiger partial charge >= 0.3 is 0 Å². The molecule has 2 saturated heterocycles. The highest BCUT2D eigenvalue weighted by atomic mass is 32.1. The summed E-state index contributed by atoms with van der Waals surface area (Å²) in [4.78, 5) is 24.5. The molecule has 6 heteroatoms. The molecule has 2 aliphatic heterocycles. The lowest BCUT2D eigenvalue weighted by Gasteiger charge is -2.20. The number of aromatic nitrogens is 2. The number of amides is 1. The van der Waals surface area contributed by atoms with Gasteiger partial charge in [-0.2, -0.15) is 0 Å². The third kappa shape index (κ3) is 2.89. The highest BCUT2D eigenvalue weighted by Crippen LogP contribution is 2.37. The summed E-state index contributed by atoms with van der Waals surface area (Å²) >= 11 is 1.62. The number of carbonyl (C=O) groups is 1. The standard InChI is InChI=1S/C20H20N4OS/c25-20(11-24-16-3-4-17(24)6-5-16)23-19-8-15-7-13(18-10-21-12-26-18)1-2-14(15)9-22-19/h1-2,7-10,12,16-17H,3-6,11H2,(H,22,23,25). The Kier molecular flexibility index (Phi) is 3.94. The van der Waals surface area contributed by atoms with E-state index in [4.69, 9.17) is 0 Å². The van der Waals surface area contributed by atoms with Gasteiger partial charge < -0.3 is 5.32 Å². The van der Waals surface area contributed by atoms with E-state index in [2.05, 4.69) is 38.4 Å². The lowest BCUT2D eigenvalue weighted by atomic mass is 10.0. The maximum absolute atomic E-state index is 12.5. The number of pyridine rings is 1. The van der Waals surface area contributed by atoms with Gasteiger partial charge in [0.05, 0.1) is 16.9 Å². The largest absolute Gasteiger partial charge is 0.310 e. The van der Waals surface area contributed by atoms with E-state index in [1.807, 2.05) is 24.0 Å². The van der Waals surface area contributed by atoms with Gasteiger partial charge in [0.2, 0.25) is 5.91 Å². The van der Waals surface area contributed by atoms with Crippen LogP contribution >= 0.6 is 11.3 Å². The van der Waals surface area contributed by atoms with Gasteiger partial charge in [-0.15, -0.1) is 11.3 Å². The van der Waals surface area contributed by atoms with Crippen molar-refractivity contribution in [2.24, 2.45) is 0 Å². The molecule has 0 spiro atoms. The molecule has 0 atom stereocenters. The third-order valence-corrected chi connectivity index (χ3v) is 6.46. The van der Waals surface area contributed by atoms with E-state index < -0.39 is 0 Å². The van der Waals surface area contributed by atoms with Crippen LogP contribution in [0.25, 0.3) is 21.2 Å². The summed E-state index contributed by atoms with van der Waals surface area (Å²) in [7, 11) is 0. The summed E-state index contributed by atoms with van der Waals surface area (Å²) in [6.07, 6.45) is 8.67. The molecule has 1 aromatic carbocycles. The first-order chi connectivity index (χ1) is 12.8. The molecule has 0 radical (unpaired) electrons. The molecule has 2 aliphatic rings. The van der Waals surface area contributed by atoms with Crippen molar-refractivity contribution in [3.8, 4) is 10.4 Å². The lowest BCUT2D eigenvalue weighted by Crippen LogP contribution is -2.36. The van der Waals surface area contributed by atoms with Crippen LogP contribution in [0.5, 0.6) is 0 Å². The predicted octanol–water partition coefficient (Wildman–Crippen LogP) is 3.92. The van der Waals surface area contributed by atoms with Crippen molar-refractivity contribution < 1.29 is 4.79 Å². The number of nitrogens with one attached hydrogen (secondary N) is 1. The maximum atomic E-state index is 12.5. The fourth-order valence-electron chi connectivity index (χ4n) is 4.35. The molecule has 3 aromatic rings.